The van der Waals surface area contributed by atoms with Crippen molar-refractivity contribution in [2.24, 2.45) is 0 Å². The quantitative estimate of drug-likeness (QED) is 0.281. The first-order chi connectivity index (χ1) is 13.4. The third-order valence-corrected chi connectivity index (χ3v) is 3.69. The molecular weight excluding hydrogens is 362 g/mol. The van der Waals surface area contributed by atoms with Crippen molar-refractivity contribution in [3.05, 3.63) is 72.2 Å². The first-order valence-corrected chi connectivity index (χ1v) is 8.95. The fourth-order valence-electron chi connectivity index (χ4n) is 2.35. The summed E-state index contributed by atoms with van der Waals surface area (Å²) in [6.07, 6.45) is 5.84. The molecule has 150 valence electrons. The number of allylic oxidation sites excluding steroid dienone is 3. The molecule has 1 aromatic carbocycles. The summed E-state index contributed by atoms with van der Waals surface area (Å²) < 4.78 is 15.1. The van der Waals surface area contributed by atoms with Crippen LogP contribution >= 0.6 is 0 Å². The number of esters is 2. The van der Waals surface area contributed by atoms with Crippen molar-refractivity contribution < 1.29 is 28.9 Å². The van der Waals surface area contributed by atoms with E-state index in [4.69, 9.17) is 14.2 Å². The second-order valence-electron chi connectivity index (χ2n) is 6.47. The molecule has 3 rings (SSSR count). The Morgan fingerprint density at radius 1 is 1.00 bits per heavy atom. The van der Waals surface area contributed by atoms with Crippen LogP contribution in [0.2, 0.25) is 0 Å². The lowest BCUT2D eigenvalue weighted by Gasteiger charge is -2.29. The Balaban J connectivity index is 0.000000397. The molecule has 0 spiro atoms. The molecule has 2 fully saturated rings. The van der Waals surface area contributed by atoms with E-state index in [1.54, 1.807) is 12.3 Å². The second kappa shape index (κ2) is 10.3. The Morgan fingerprint density at radius 2 is 1.50 bits per heavy atom. The van der Waals surface area contributed by atoms with Gasteiger partial charge in [-0.15, -0.1) is 0 Å². The molecule has 0 aromatic heterocycles. The van der Waals surface area contributed by atoms with Gasteiger partial charge in [0.05, 0.1) is 13.2 Å². The minimum Gasteiger partial charge on any atom is -0.508 e. The summed E-state index contributed by atoms with van der Waals surface area (Å²) in [5.74, 6) is -3.18. The summed E-state index contributed by atoms with van der Waals surface area (Å²) in [7, 11) is 0. The summed E-state index contributed by atoms with van der Waals surface area (Å²) >= 11 is 0. The molecule has 2 saturated heterocycles. The van der Waals surface area contributed by atoms with Crippen LogP contribution in [0.3, 0.4) is 0 Å². The molecule has 28 heavy (non-hydrogen) atoms. The van der Waals surface area contributed by atoms with Crippen LogP contribution in [-0.2, 0) is 23.8 Å². The van der Waals surface area contributed by atoms with Gasteiger partial charge in [0.1, 0.15) is 11.3 Å². The number of cyclic esters (lactones) is 2. The first-order valence-electron chi connectivity index (χ1n) is 8.95. The van der Waals surface area contributed by atoms with Crippen molar-refractivity contribution in [1.82, 2.24) is 4.90 Å². The lowest BCUT2D eigenvalue weighted by Crippen LogP contribution is -2.41. The standard InChI is InChI=1S/C15H19NO6.C6H6/c1-15(2)21-13(18)12(14(19)22-15)10-11(17)4-3-5-16-6-8-20-9-7-16;1-2-4-6-5-3-1/h3-5,10,17H,6-9H2,1-2H3;1-6H/b5-3+,11-4-;. The normalized spacial score (nSPS) is 19.4. The van der Waals surface area contributed by atoms with Crippen LogP contribution in [0, 0.1) is 0 Å². The number of ether oxygens (including phenoxy) is 3. The predicted molar refractivity (Wildman–Crippen MR) is 103 cm³/mol. The zero-order valence-electron chi connectivity index (χ0n) is 16.0. The Hall–Kier alpha value is -3.06. The van der Waals surface area contributed by atoms with Gasteiger partial charge in [0.15, 0.2) is 0 Å². The largest absolute Gasteiger partial charge is 0.508 e. The SMILES string of the molecule is CC1(C)OC(=O)C(=C/C(O)=C/C=C/N2CCOCC2)C(=O)O1.c1ccccc1. The topological polar surface area (TPSA) is 85.3 Å². The van der Waals surface area contributed by atoms with Crippen molar-refractivity contribution in [3.63, 3.8) is 0 Å². The number of carbonyl (C=O) groups is 2. The van der Waals surface area contributed by atoms with Crippen LogP contribution < -0.4 is 0 Å². The summed E-state index contributed by atoms with van der Waals surface area (Å²) in [5, 5.41) is 9.77. The highest BCUT2D eigenvalue weighted by Gasteiger charge is 2.38. The zero-order chi connectivity index (χ0) is 20.4. The van der Waals surface area contributed by atoms with Crippen molar-refractivity contribution in [2.45, 2.75) is 19.6 Å². The Labute approximate surface area is 164 Å². The molecule has 0 atom stereocenters. The lowest BCUT2D eigenvalue weighted by atomic mass is 10.2. The van der Waals surface area contributed by atoms with E-state index in [0.29, 0.717) is 13.2 Å². The first kappa shape index (κ1) is 21.2. The van der Waals surface area contributed by atoms with E-state index in [1.807, 2.05) is 41.3 Å². The van der Waals surface area contributed by atoms with Crippen LogP contribution in [-0.4, -0.2) is 54.0 Å². The number of aliphatic hydroxyl groups excluding tert-OH is 1. The molecule has 0 saturated carbocycles. The highest BCUT2D eigenvalue weighted by molar-refractivity contribution is 6.15. The van der Waals surface area contributed by atoms with E-state index in [0.717, 1.165) is 19.2 Å². The molecule has 0 unspecified atom stereocenters. The maximum absolute atomic E-state index is 11.7. The zero-order valence-corrected chi connectivity index (χ0v) is 16.0. The minimum absolute atomic E-state index is 0.242. The number of carbonyl (C=O) groups excluding carboxylic acids is 2. The molecule has 1 N–H and O–H groups in total. The second-order valence-corrected chi connectivity index (χ2v) is 6.47. The van der Waals surface area contributed by atoms with Gasteiger partial charge in [0.2, 0.25) is 0 Å². The molecule has 1 aromatic rings. The summed E-state index contributed by atoms with van der Waals surface area (Å²) in [6, 6.07) is 12.0. The highest BCUT2D eigenvalue weighted by Crippen LogP contribution is 2.23. The third kappa shape index (κ3) is 7.28. The molecule has 2 aliphatic rings. The van der Waals surface area contributed by atoms with E-state index >= 15 is 0 Å². The molecule has 2 aliphatic heterocycles. The summed E-state index contributed by atoms with van der Waals surface area (Å²) in [4.78, 5) is 25.4. The van der Waals surface area contributed by atoms with Crippen molar-refractivity contribution >= 4 is 11.9 Å². The van der Waals surface area contributed by atoms with Crippen molar-refractivity contribution in [2.75, 3.05) is 26.3 Å². The van der Waals surface area contributed by atoms with Gasteiger partial charge in [0, 0.05) is 33.0 Å². The number of aliphatic hydroxyl groups is 1. The monoisotopic (exact) mass is 387 g/mol. The number of hydrogen-bond donors (Lipinski definition) is 1. The van der Waals surface area contributed by atoms with E-state index in [-0.39, 0.29) is 11.3 Å². The maximum atomic E-state index is 11.7. The van der Waals surface area contributed by atoms with Crippen LogP contribution in [0.25, 0.3) is 0 Å². The molecule has 2 heterocycles. The maximum Gasteiger partial charge on any atom is 0.348 e. The van der Waals surface area contributed by atoms with Crippen LogP contribution in [0.4, 0.5) is 0 Å². The van der Waals surface area contributed by atoms with Gasteiger partial charge in [-0.1, -0.05) is 36.4 Å². The van der Waals surface area contributed by atoms with E-state index < -0.39 is 17.7 Å². The number of rotatable bonds is 3. The van der Waals surface area contributed by atoms with E-state index in [1.165, 1.54) is 19.9 Å². The molecular formula is C21H25NO6. The van der Waals surface area contributed by atoms with Gasteiger partial charge in [-0.2, -0.15) is 0 Å². The average molecular weight is 387 g/mol. The van der Waals surface area contributed by atoms with Gasteiger partial charge in [-0.05, 0) is 18.4 Å². The molecule has 0 aliphatic carbocycles. The number of morpholine rings is 1. The average Bonchev–Trinajstić information content (AvgIpc) is 2.67. The fraction of sp³-hybridized carbons (Fsp3) is 0.333. The molecule has 0 radical (unpaired) electrons. The van der Waals surface area contributed by atoms with Crippen LogP contribution in [0.1, 0.15) is 13.8 Å². The molecule has 0 amide bonds. The Bertz CT molecular complexity index is 697. The van der Waals surface area contributed by atoms with E-state index in [2.05, 4.69) is 0 Å². The van der Waals surface area contributed by atoms with Gasteiger partial charge < -0.3 is 24.2 Å². The van der Waals surface area contributed by atoms with Gasteiger partial charge >= 0.3 is 11.9 Å². The Kier molecular flexibility index (Phi) is 7.83. The number of benzene rings is 1. The number of hydrogen-bond acceptors (Lipinski definition) is 7. The minimum atomic E-state index is -1.29. The fourth-order valence-corrected chi connectivity index (χ4v) is 2.35. The summed E-state index contributed by atoms with van der Waals surface area (Å²) in [6.45, 7) is 5.80. The summed E-state index contributed by atoms with van der Waals surface area (Å²) in [5.41, 5.74) is -0.340. The molecule has 7 heteroatoms. The van der Waals surface area contributed by atoms with Crippen LogP contribution in [0.5, 0.6) is 0 Å². The van der Waals surface area contributed by atoms with E-state index in [9.17, 15) is 14.7 Å². The van der Waals surface area contributed by atoms with Gasteiger partial charge in [-0.25, -0.2) is 9.59 Å². The lowest BCUT2D eigenvalue weighted by molar-refractivity contribution is -0.222. The molecule has 0 bridgehead atoms. The third-order valence-electron chi connectivity index (χ3n) is 3.69. The predicted octanol–water partition coefficient (Wildman–Crippen LogP) is 2.72. The number of nitrogens with zero attached hydrogens (tertiary/aromatic N) is 1. The van der Waals surface area contributed by atoms with Gasteiger partial charge in [0.25, 0.3) is 5.79 Å². The highest BCUT2D eigenvalue weighted by atomic mass is 16.7. The molecule has 7 nitrogen and oxygen atoms in total. The van der Waals surface area contributed by atoms with Crippen molar-refractivity contribution in [1.29, 1.82) is 0 Å². The van der Waals surface area contributed by atoms with Crippen molar-refractivity contribution in [3.8, 4) is 0 Å². The van der Waals surface area contributed by atoms with Crippen LogP contribution in [0.15, 0.2) is 72.2 Å². The smallest absolute Gasteiger partial charge is 0.348 e. The Morgan fingerprint density at radius 3 is 2.00 bits per heavy atom. The van der Waals surface area contributed by atoms with Gasteiger partial charge in [-0.3, -0.25) is 0 Å².